The van der Waals surface area contributed by atoms with Gasteiger partial charge in [-0.05, 0) is 41.5 Å². The van der Waals surface area contributed by atoms with Crippen LogP contribution < -0.4 is 16.5 Å². The van der Waals surface area contributed by atoms with Gasteiger partial charge in [-0.2, -0.15) is 0 Å². The largest absolute Gasteiger partial charge is 0.400 e. The van der Waals surface area contributed by atoms with Crippen LogP contribution in [0, 0.1) is 29.6 Å². The monoisotopic (exact) mass is 367 g/mol. The number of hydrogen-bond donors (Lipinski definition) is 4. The summed E-state index contributed by atoms with van der Waals surface area (Å²) in [5.74, 6) is 11.4. The number of hydroxylamine groups is 1. The van der Waals surface area contributed by atoms with Gasteiger partial charge in [0.2, 0.25) is 0 Å². The van der Waals surface area contributed by atoms with E-state index in [0.29, 0.717) is 11.1 Å². The molecule has 0 spiro atoms. The number of benzene rings is 1. The average molecular weight is 367 g/mol. The van der Waals surface area contributed by atoms with Crippen LogP contribution in [0.5, 0.6) is 0 Å². The SMILES string of the molecule is C=C(N)[C@H](NC(=O)c1ccc(C#CC#CC2C=CSC2)cc1)C(=O)NO. The number of nitrogens with one attached hydrogen (secondary N) is 2. The van der Waals surface area contributed by atoms with Crippen molar-refractivity contribution >= 4 is 23.6 Å². The smallest absolute Gasteiger partial charge is 0.272 e. The van der Waals surface area contributed by atoms with Gasteiger partial charge in [-0.15, -0.1) is 11.8 Å². The van der Waals surface area contributed by atoms with Crippen LogP contribution in [0.25, 0.3) is 0 Å². The van der Waals surface area contributed by atoms with Crippen molar-refractivity contribution in [2.24, 2.45) is 11.7 Å². The van der Waals surface area contributed by atoms with Crippen LogP contribution in [0.1, 0.15) is 15.9 Å². The minimum absolute atomic E-state index is 0.0959. The van der Waals surface area contributed by atoms with Crippen molar-refractivity contribution in [2.45, 2.75) is 6.04 Å². The van der Waals surface area contributed by atoms with Crippen molar-refractivity contribution < 1.29 is 14.8 Å². The van der Waals surface area contributed by atoms with E-state index in [2.05, 4.69) is 35.6 Å². The Morgan fingerprint density at radius 1 is 1.31 bits per heavy atom. The maximum atomic E-state index is 12.2. The molecule has 1 heterocycles. The summed E-state index contributed by atoms with van der Waals surface area (Å²) in [6.07, 6.45) is 2.05. The number of carbonyl (C=O) groups excluding carboxylic acids is 2. The maximum absolute atomic E-state index is 12.2. The molecule has 1 aliphatic heterocycles. The van der Waals surface area contributed by atoms with Crippen molar-refractivity contribution in [3.8, 4) is 23.7 Å². The Morgan fingerprint density at radius 2 is 2.04 bits per heavy atom. The van der Waals surface area contributed by atoms with Crippen molar-refractivity contribution in [3.63, 3.8) is 0 Å². The van der Waals surface area contributed by atoms with Gasteiger partial charge in [-0.25, -0.2) is 5.48 Å². The van der Waals surface area contributed by atoms with Gasteiger partial charge in [0.05, 0.1) is 0 Å². The highest BCUT2D eigenvalue weighted by Gasteiger charge is 2.22. The molecule has 0 radical (unpaired) electrons. The van der Waals surface area contributed by atoms with E-state index < -0.39 is 17.9 Å². The molecule has 1 aromatic rings. The molecule has 26 heavy (non-hydrogen) atoms. The summed E-state index contributed by atoms with van der Waals surface area (Å²) in [6, 6.07) is 5.25. The van der Waals surface area contributed by atoms with Crippen molar-refractivity contribution in [2.75, 3.05) is 5.75 Å². The molecule has 0 saturated heterocycles. The normalized spacial score (nSPS) is 15.7. The quantitative estimate of drug-likeness (QED) is 0.361. The third kappa shape index (κ3) is 5.45. The predicted octanol–water partition coefficient (Wildman–Crippen LogP) is 0.994. The fourth-order valence-corrected chi connectivity index (χ4v) is 2.81. The third-order valence-electron chi connectivity index (χ3n) is 3.38. The predicted molar refractivity (Wildman–Crippen MR) is 101 cm³/mol. The first kappa shape index (κ1) is 19.2. The lowest BCUT2D eigenvalue weighted by Crippen LogP contribution is -2.48. The molecule has 6 nitrogen and oxygen atoms in total. The van der Waals surface area contributed by atoms with E-state index in [0.717, 1.165) is 5.75 Å². The zero-order valence-electron chi connectivity index (χ0n) is 13.8. The van der Waals surface area contributed by atoms with Gasteiger partial charge in [0.15, 0.2) is 0 Å². The number of thioether (sulfide) groups is 1. The first-order valence-corrected chi connectivity index (χ1v) is 8.65. The van der Waals surface area contributed by atoms with Crippen molar-refractivity contribution in [1.29, 1.82) is 0 Å². The van der Waals surface area contributed by atoms with Crippen molar-refractivity contribution in [1.82, 2.24) is 10.8 Å². The minimum atomic E-state index is -1.23. The highest BCUT2D eigenvalue weighted by atomic mass is 32.2. The van der Waals surface area contributed by atoms with Gasteiger partial charge >= 0.3 is 0 Å². The lowest BCUT2D eigenvalue weighted by molar-refractivity contribution is -0.130. The van der Waals surface area contributed by atoms with Crippen LogP contribution in [-0.4, -0.2) is 28.8 Å². The van der Waals surface area contributed by atoms with Gasteiger partial charge in [0.25, 0.3) is 11.8 Å². The molecule has 0 aliphatic carbocycles. The fraction of sp³-hybridized carbons (Fsp3) is 0.158. The van der Waals surface area contributed by atoms with Crippen molar-refractivity contribution in [3.05, 3.63) is 59.2 Å². The molecule has 2 rings (SSSR count). The molecule has 132 valence electrons. The zero-order chi connectivity index (χ0) is 18.9. The number of allylic oxidation sites excluding steroid dienone is 1. The lowest BCUT2D eigenvalue weighted by atomic mass is 10.1. The molecule has 7 heteroatoms. The summed E-state index contributed by atoms with van der Waals surface area (Å²) in [6.45, 7) is 3.41. The van der Waals surface area contributed by atoms with Crippen LogP contribution in [-0.2, 0) is 4.79 Å². The number of amides is 2. The molecule has 0 bridgehead atoms. The molecule has 2 amide bonds. The van der Waals surface area contributed by atoms with Crippen LogP contribution >= 0.6 is 11.8 Å². The maximum Gasteiger partial charge on any atom is 0.272 e. The first-order chi connectivity index (χ1) is 12.5. The van der Waals surface area contributed by atoms with E-state index in [1.165, 1.54) is 5.48 Å². The van der Waals surface area contributed by atoms with Crippen LogP contribution in [0.2, 0.25) is 0 Å². The molecule has 1 aliphatic rings. The Kier molecular flexibility index (Phi) is 6.92. The number of nitrogens with two attached hydrogens (primary N) is 1. The van der Waals surface area contributed by atoms with Gasteiger partial charge in [-0.1, -0.05) is 24.5 Å². The van der Waals surface area contributed by atoms with E-state index in [4.69, 9.17) is 10.9 Å². The standard InChI is InChI=1S/C19H17N3O3S/c1-13(20)17(19(24)22-25)21-18(23)16-8-6-14(7-9-16)4-2-3-5-15-10-11-26-12-15/h6-11,15,17,25H,1,12,20H2,(H,21,23)(H,22,24)/t15?,17-/m0/s1. The summed E-state index contributed by atoms with van der Waals surface area (Å²) in [4.78, 5) is 23.6. The summed E-state index contributed by atoms with van der Waals surface area (Å²) in [5.41, 5.74) is 7.81. The Bertz CT molecular complexity index is 854. The molecular weight excluding hydrogens is 350 g/mol. The van der Waals surface area contributed by atoms with E-state index in [-0.39, 0.29) is 11.6 Å². The highest BCUT2D eigenvalue weighted by Crippen LogP contribution is 2.18. The van der Waals surface area contributed by atoms with E-state index in [9.17, 15) is 9.59 Å². The second-order valence-corrected chi connectivity index (χ2v) is 6.26. The first-order valence-electron chi connectivity index (χ1n) is 7.60. The fourth-order valence-electron chi connectivity index (χ4n) is 2.00. The summed E-state index contributed by atoms with van der Waals surface area (Å²) in [5, 5.41) is 13.1. The second-order valence-electron chi connectivity index (χ2n) is 5.32. The summed E-state index contributed by atoms with van der Waals surface area (Å²) < 4.78 is 0. The molecule has 5 N–H and O–H groups in total. The molecule has 0 saturated carbocycles. The van der Waals surface area contributed by atoms with E-state index in [1.54, 1.807) is 36.0 Å². The van der Waals surface area contributed by atoms with Gasteiger partial charge in [-0.3, -0.25) is 14.8 Å². The number of rotatable bonds is 4. The lowest BCUT2D eigenvalue weighted by Gasteiger charge is -2.16. The summed E-state index contributed by atoms with van der Waals surface area (Å²) in [7, 11) is 0. The highest BCUT2D eigenvalue weighted by molar-refractivity contribution is 8.02. The Morgan fingerprint density at radius 3 is 2.62 bits per heavy atom. The van der Waals surface area contributed by atoms with Gasteiger partial charge in [0.1, 0.15) is 6.04 Å². The van der Waals surface area contributed by atoms with Gasteiger partial charge in [0, 0.05) is 28.5 Å². The van der Waals surface area contributed by atoms with E-state index in [1.807, 2.05) is 11.5 Å². The minimum Gasteiger partial charge on any atom is -0.400 e. The zero-order valence-corrected chi connectivity index (χ0v) is 14.6. The number of carbonyl (C=O) groups is 2. The third-order valence-corrected chi connectivity index (χ3v) is 4.28. The molecule has 1 aromatic carbocycles. The molecular formula is C19H17N3O3S. The summed E-state index contributed by atoms with van der Waals surface area (Å²) >= 11 is 1.73. The van der Waals surface area contributed by atoms with E-state index >= 15 is 0 Å². The second kappa shape index (κ2) is 9.38. The molecule has 2 atom stereocenters. The van der Waals surface area contributed by atoms with Gasteiger partial charge < -0.3 is 11.1 Å². The Hall–Kier alpha value is -3.13. The molecule has 0 aromatic heterocycles. The molecule has 1 unspecified atom stereocenters. The Balaban J connectivity index is 2.00. The van der Waals surface area contributed by atoms with Crippen LogP contribution in [0.15, 0.2) is 48.0 Å². The van der Waals surface area contributed by atoms with Crippen LogP contribution in [0.3, 0.4) is 0 Å². The number of hydrogen-bond acceptors (Lipinski definition) is 5. The Labute approximate surface area is 155 Å². The average Bonchev–Trinajstić information content (AvgIpc) is 3.16. The molecule has 0 fully saturated rings. The van der Waals surface area contributed by atoms with Crippen LogP contribution in [0.4, 0.5) is 0 Å². The topological polar surface area (TPSA) is 104 Å².